The molecule has 1 amide bonds. The second-order valence-corrected chi connectivity index (χ2v) is 8.93. The van der Waals surface area contributed by atoms with Crippen LogP contribution in [0.3, 0.4) is 0 Å². The number of carbonyl (C=O) groups is 2. The van der Waals surface area contributed by atoms with Gasteiger partial charge in [0.1, 0.15) is 0 Å². The molecule has 4 atom stereocenters. The minimum Gasteiger partial charge on any atom is -0.453 e. The number of piperidine rings is 1. The summed E-state index contributed by atoms with van der Waals surface area (Å²) in [7, 11) is 1.41. The van der Waals surface area contributed by atoms with Crippen LogP contribution in [0.5, 0.6) is 0 Å². The number of hydrogen-bond donors (Lipinski definition) is 1. The quantitative estimate of drug-likeness (QED) is 0.895. The molecule has 2 saturated heterocycles. The van der Waals surface area contributed by atoms with E-state index >= 15 is 0 Å². The molecule has 2 fully saturated rings. The van der Waals surface area contributed by atoms with Gasteiger partial charge in [-0.15, -0.1) is 11.8 Å². The van der Waals surface area contributed by atoms with Crippen molar-refractivity contribution >= 4 is 23.6 Å². The highest BCUT2D eigenvalue weighted by Gasteiger charge is 2.55. The number of benzene rings is 1. The van der Waals surface area contributed by atoms with Gasteiger partial charge in [-0.25, -0.2) is 4.79 Å². The summed E-state index contributed by atoms with van der Waals surface area (Å²) in [6.45, 7) is 6.13. The molecule has 1 aromatic carbocycles. The summed E-state index contributed by atoms with van der Waals surface area (Å²) in [4.78, 5) is 28.5. The average Bonchev–Trinajstić information content (AvgIpc) is 2.95. The maximum absolute atomic E-state index is 13.3. The third kappa shape index (κ3) is 3.70. The van der Waals surface area contributed by atoms with Gasteiger partial charge in [0.15, 0.2) is 5.78 Å². The molecule has 0 unspecified atom stereocenters. The van der Waals surface area contributed by atoms with Gasteiger partial charge >= 0.3 is 6.09 Å². The molecule has 6 heteroatoms. The van der Waals surface area contributed by atoms with E-state index < -0.39 is 0 Å². The van der Waals surface area contributed by atoms with Gasteiger partial charge in [0.05, 0.1) is 30.5 Å². The minimum absolute atomic E-state index is 0.104. The van der Waals surface area contributed by atoms with E-state index in [0.29, 0.717) is 0 Å². The van der Waals surface area contributed by atoms with Gasteiger partial charge in [0.25, 0.3) is 0 Å². The molecule has 0 spiro atoms. The first kappa shape index (κ1) is 18.3. The van der Waals surface area contributed by atoms with E-state index in [1.54, 1.807) is 16.7 Å². The number of nitrogens with one attached hydrogen (secondary N) is 1. The lowest BCUT2D eigenvalue weighted by molar-refractivity contribution is -0.125. The molecule has 2 aliphatic rings. The van der Waals surface area contributed by atoms with Crippen molar-refractivity contribution in [3.05, 3.63) is 30.3 Å². The van der Waals surface area contributed by atoms with E-state index in [1.165, 1.54) is 7.11 Å². The Balaban J connectivity index is 1.93. The number of nitrogens with zero attached hydrogens (tertiary/aromatic N) is 1. The third-order valence-corrected chi connectivity index (χ3v) is 6.12. The lowest BCUT2D eigenvalue weighted by atomic mass is 9.93. The summed E-state index contributed by atoms with van der Waals surface area (Å²) < 4.78 is 5.02. The fourth-order valence-electron chi connectivity index (χ4n) is 3.84. The highest BCUT2D eigenvalue weighted by atomic mass is 32.2. The number of hydrogen-bond acceptors (Lipinski definition) is 5. The average molecular weight is 362 g/mol. The number of rotatable bonds is 3. The Morgan fingerprint density at radius 2 is 1.84 bits per heavy atom. The Morgan fingerprint density at radius 1 is 1.20 bits per heavy atom. The van der Waals surface area contributed by atoms with Crippen LogP contribution in [0.25, 0.3) is 0 Å². The zero-order valence-electron chi connectivity index (χ0n) is 15.2. The topological polar surface area (TPSA) is 58.6 Å². The normalized spacial score (nSPS) is 29.0. The predicted octanol–water partition coefficient (Wildman–Crippen LogP) is 3.09. The zero-order valence-corrected chi connectivity index (χ0v) is 16.0. The van der Waals surface area contributed by atoms with Gasteiger partial charge in [0, 0.05) is 10.4 Å². The van der Waals surface area contributed by atoms with E-state index in [4.69, 9.17) is 4.74 Å². The molecule has 2 heterocycles. The Morgan fingerprint density at radius 3 is 2.44 bits per heavy atom. The highest BCUT2D eigenvalue weighted by molar-refractivity contribution is 8.00. The smallest absolute Gasteiger partial charge is 0.410 e. The van der Waals surface area contributed by atoms with Crippen LogP contribution in [0.15, 0.2) is 35.2 Å². The van der Waals surface area contributed by atoms with Crippen molar-refractivity contribution in [1.29, 1.82) is 0 Å². The van der Waals surface area contributed by atoms with Crippen molar-refractivity contribution in [2.24, 2.45) is 0 Å². The number of carbonyl (C=O) groups excluding carboxylic acids is 2. The first-order valence-corrected chi connectivity index (χ1v) is 9.59. The molecule has 3 rings (SSSR count). The molecule has 2 bridgehead atoms. The van der Waals surface area contributed by atoms with Gasteiger partial charge in [0.2, 0.25) is 0 Å². The molecule has 0 aromatic heterocycles. The first-order valence-electron chi connectivity index (χ1n) is 8.71. The summed E-state index contributed by atoms with van der Waals surface area (Å²) in [6, 6.07) is 9.32. The van der Waals surface area contributed by atoms with E-state index in [0.717, 1.165) is 17.7 Å². The standard InChI is InChI=1S/C19H26N2O3S/c1-19(2,3)20-15-13-10-11-14(21(13)18(23)24-4)17(16(15)22)25-12-8-6-5-7-9-12/h5-9,13-15,17,20H,10-11H2,1-4H3/t13-,14+,15-,17-/m0/s1. The summed E-state index contributed by atoms with van der Waals surface area (Å²) in [6.07, 6.45) is 1.32. The van der Waals surface area contributed by atoms with Crippen molar-refractivity contribution in [2.45, 2.75) is 67.4 Å². The molecule has 0 saturated carbocycles. The molecule has 25 heavy (non-hydrogen) atoms. The van der Waals surface area contributed by atoms with Crippen molar-refractivity contribution < 1.29 is 14.3 Å². The lowest BCUT2D eigenvalue weighted by Crippen LogP contribution is -2.66. The zero-order chi connectivity index (χ0) is 18.2. The molecule has 1 N–H and O–H groups in total. The predicted molar refractivity (Wildman–Crippen MR) is 98.8 cm³/mol. The number of thioether (sulfide) groups is 1. The maximum Gasteiger partial charge on any atom is 0.410 e. The van der Waals surface area contributed by atoms with Crippen LogP contribution in [0, 0.1) is 0 Å². The Kier molecular flexibility index (Phi) is 5.11. The maximum atomic E-state index is 13.3. The molecular weight excluding hydrogens is 336 g/mol. The van der Waals surface area contributed by atoms with Gasteiger partial charge < -0.3 is 10.1 Å². The number of Topliss-reactive ketones (excluding diaryl/α,β-unsaturated/α-hetero) is 1. The first-order chi connectivity index (χ1) is 11.8. The molecule has 0 radical (unpaired) electrons. The summed E-state index contributed by atoms with van der Waals surface area (Å²) in [5, 5.41) is 3.17. The second kappa shape index (κ2) is 7.00. The fourth-order valence-corrected chi connectivity index (χ4v) is 5.13. The Labute approximate surface area is 153 Å². The van der Waals surface area contributed by atoms with E-state index in [9.17, 15) is 9.59 Å². The van der Waals surface area contributed by atoms with Gasteiger partial charge in [-0.1, -0.05) is 18.2 Å². The van der Waals surface area contributed by atoms with Gasteiger partial charge in [-0.2, -0.15) is 0 Å². The van der Waals surface area contributed by atoms with Crippen molar-refractivity contribution in [3.63, 3.8) is 0 Å². The summed E-state index contributed by atoms with van der Waals surface area (Å²) >= 11 is 1.55. The van der Waals surface area contributed by atoms with Crippen LogP contribution in [-0.2, 0) is 9.53 Å². The SMILES string of the molecule is COC(=O)N1[C@@H]2CC[C@H]1[C@H](NC(C)(C)C)C(=O)[C@H]2Sc1ccccc1. The lowest BCUT2D eigenvalue weighted by Gasteiger charge is -2.44. The fraction of sp³-hybridized carbons (Fsp3) is 0.579. The largest absolute Gasteiger partial charge is 0.453 e. The number of ether oxygens (including phenoxy) is 1. The third-order valence-electron chi connectivity index (χ3n) is 4.77. The molecular formula is C19H26N2O3S. The Bertz CT molecular complexity index is 644. The van der Waals surface area contributed by atoms with Gasteiger partial charge in [-0.05, 0) is 45.7 Å². The van der Waals surface area contributed by atoms with Gasteiger partial charge in [-0.3, -0.25) is 9.69 Å². The van der Waals surface area contributed by atoms with Crippen LogP contribution in [0.2, 0.25) is 0 Å². The van der Waals surface area contributed by atoms with E-state index in [1.807, 2.05) is 51.1 Å². The number of amides is 1. The molecule has 2 aliphatic heterocycles. The van der Waals surface area contributed by atoms with Crippen LogP contribution < -0.4 is 5.32 Å². The number of fused-ring (bicyclic) bond motifs is 2. The summed E-state index contributed by atoms with van der Waals surface area (Å²) in [5.74, 6) is 0.191. The van der Waals surface area contributed by atoms with Crippen LogP contribution >= 0.6 is 11.8 Å². The molecule has 1 aromatic rings. The minimum atomic E-state index is -0.362. The van der Waals surface area contributed by atoms with E-state index in [-0.39, 0.29) is 40.8 Å². The highest BCUT2D eigenvalue weighted by Crippen LogP contribution is 2.42. The van der Waals surface area contributed by atoms with Crippen molar-refractivity contribution in [1.82, 2.24) is 10.2 Å². The second-order valence-electron chi connectivity index (χ2n) is 7.72. The Hall–Kier alpha value is -1.53. The van der Waals surface area contributed by atoms with Crippen molar-refractivity contribution in [3.8, 4) is 0 Å². The molecule has 0 aliphatic carbocycles. The monoisotopic (exact) mass is 362 g/mol. The molecule has 5 nitrogen and oxygen atoms in total. The van der Waals surface area contributed by atoms with E-state index in [2.05, 4.69) is 5.32 Å². The number of methoxy groups -OCH3 is 1. The number of ketones is 1. The van der Waals surface area contributed by atoms with Crippen LogP contribution in [-0.4, -0.2) is 52.8 Å². The van der Waals surface area contributed by atoms with Crippen molar-refractivity contribution in [2.75, 3.05) is 7.11 Å². The summed E-state index contributed by atoms with van der Waals surface area (Å²) in [5.41, 5.74) is -0.209. The van der Waals surface area contributed by atoms with Crippen LogP contribution in [0.1, 0.15) is 33.6 Å². The molecule has 136 valence electrons. The van der Waals surface area contributed by atoms with Crippen LogP contribution in [0.4, 0.5) is 4.79 Å².